The van der Waals surface area contributed by atoms with Crippen LogP contribution in [-0.4, -0.2) is 12.7 Å². The summed E-state index contributed by atoms with van der Waals surface area (Å²) in [6.07, 6.45) is 2.94. The van der Waals surface area contributed by atoms with Crippen LogP contribution in [0, 0.1) is 5.82 Å². The fraction of sp³-hybridized carbons (Fsp3) is 0.167. The van der Waals surface area contributed by atoms with Gasteiger partial charge in [0, 0.05) is 10.5 Å². The van der Waals surface area contributed by atoms with E-state index in [-0.39, 0.29) is 24.6 Å². The SMILES string of the molecule is CC(NC(=O)C=Cc1cc(F)ccc1Br)c1ccc2c(c1)OCO2. The third-order valence-electron chi connectivity index (χ3n) is 3.63. The highest BCUT2D eigenvalue weighted by Gasteiger charge is 2.16. The second-order valence-corrected chi connectivity index (χ2v) is 6.20. The van der Waals surface area contributed by atoms with Crippen LogP contribution >= 0.6 is 15.9 Å². The number of rotatable bonds is 4. The standard InChI is InChI=1S/C18H15BrFNO3/c1-11(12-2-6-16-17(9-12)24-10-23-16)21-18(22)7-3-13-8-14(20)4-5-15(13)19/h2-9,11H,10H2,1H3,(H,21,22). The molecule has 3 rings (SSSR count). The van der Waals surface area contributed by atoms with Gasteiger partial charge in [0.25, 0.3) is 0 Å². The number of carbonyl (C=O) groups excluding carboxylic acids is 1. The minimum atomic E-state index is -0.355. The molecule has 1 atom stereocenters. The summed E-state index contributed by atoms with van der Waals surface area (Å²) in [5.74, 6) is 0.754. The molecule has 4 nitrogen and oxygen atoms in total. The molecule has 2 aromatic carbocycles. The Morgan fingerprint density at radius 2 is 2.04 bits per heavy atom. The molecule has 1 heterocycles. The van der Waals surface area contributed by atoms with E-state index < -0.39 is 0 Å². The molecule has 0 saturated heterocycles. The lowest BCUT2D eigenvalue weighted by Crippen LogP contribution is -2.24. The van der Waals surface area contributed by atoms with Crippen LogP contribution < -0.4 is 14.8 Å². The Labute approximate surface area is 147 Å². The van der Waals surface area contributed by atoms with Gasteiger partial charge in [0.1, 0.15) is 5.82 Å². The highest BCUT2D eigenvalue weighted by molar-refractivity contribution is 9.10. The fourth-order valence-electron chi connectivity index (χ4n) is 2.34. The van der Waals surface area contributed by atoms with Gasteiger partial charge in [0.15, 0.2) is 11.5 Å². The molecule has 0 fully saturated rings. The third kappa shape index (κ3) is 3.76. The van der Waals surface area contributed by atoms with Crippen molar-refractivity contribution in [1.82, 2.24) is 5.32 Å². The summed E-state index contributed by atoms with van der Waals surface area (Å²) in [6, 6.07) is 9.65. The molecule has 24 heavy (non-hydrogen) atoms. The number of amides is 1. The first-order valence-electron chi connectivity index (χ1n) is 7.36. The van der Waals surface area contributed by atoms with Gasteiger partial charge < -0.3 is 14.8 Å². The van der Waals surface area contributed by atoms with Gasteiger partial charge in [-0.15, -0.1) is 0 Å². The van der Waals surface area contributed by atoms with Crippen molar-refractivity contribution in [3.8, 4) is 11.5 Å². The Morgan fingerprint density at radius 3 is 2.88 bits per heavy atom. The Bertz CT molecular complexity index is 807. The van der Waals surface area contributed by atoms with Gasteiger partial charge in [0.05, 0.1) is 6.04 Å². The average Bonchev–Trinajstić information content (AvgIpc) is 3.03. The van der Waals surface area contributed by atoms with Gasteiger partial charge in [-0.1, -0.05) is 22.0 Å². The molecule has 1 aliphatic rings. The number of halogens is 2. The van der Waals surface area contributed by atoms with Crippen LogP contribution in [0.2, 0.25) is 0 Å². The molecular weight excluding hydrogens is 377 g/mol. The molecule has 6 heteroatoms. The number of carbonyl (C=O) groups is 1. The van der Waals surface area contributed by atoms with E-state index in [1.807, 2.05) is 25.1 Å². The van der Waals surface area contributed by atoms with E-state index in [1.54, 1.807) is 12.1 Å². The third-order valence-corrected chi connectivity index (χ3v) is 4.35. The van der Waals surface area contributed by atoms with Crippen molar-refractivity contribution in [1.29, 1.82) is 0 Å². The Hall–Kier alpha value is -2.34. The molecule has 1 amide bonds. The number of hydrogen-bond donors (Lipinski definition) is 1. The fourth-order valence-corrected chi connectivity index (χ4v) is 2.71. The van der Waals surface area contributed by atoms with Crippen LogP contribution in [0.4, 0.5) is 4.39 Å². The molecule has 0 spiro atoms. The summed E-state index contributed by atoms with van der Waals surface area (Å²) in [7, 11) is 0. The molecule has 1 N–H and O–H groups in total. The summed E-state index contributed by atoms with van der Waals surface area (Å²) >= 11 is 3.32. The molecule has 124 valence electrons. The van der Waals surface area contributed by atoms with Crippen molar-refractivity contribution >= 4 is 27.9 Å². The van der Waals surface area contributed by atoms with E-state index in [0.29, 0.717) is 17.1 Å². The quantitative estimate of drug-likeness (QED) is 0.794. The Morgan fingerprint density at radius 1 is 1.25 bits per heavy atom. The normalized spacial score (nSPS) is 14.0. The monoisotopic (exact) mass is 391 g/mol. The largest absolute Gasteiger partial charge is 0.454 e. The Balaban J connectivity index is 1.66. The van der Waals surface area contributed by atoms with Gasteiger partial charge in [-0.05, 0) is 54.5 Å². The van der Waals surface area contributed by atoms with Crippen LogP contribution in [0.5, 0.6) is 11.5 Å². The van der Waals surface area contributed by atoms with Crippen LogP contribution in [0.3, 0.4) is 0 Å². The minimum absolute atomic E-state index is 0.201. The number of ether oxygens (including phenoxy) is 2. The lowest BCUT2D eigenvalue weighted by molar-refractivity contribution is -0.117. The second-order valence-electron chi connectivity index (χ2n) is 5.34. The molecular formula is C18H15BrFNO3. The predicted octanol–water partition coefficient (Wildman–Crippen LogP) is 4.21. The topological polar surface area (TPSA) is 47.6 Å². The molecule has 0 saturated carbocycles. The summed E-state index contributed by atoms with van der Waals surface area (Å²) in [5.41, 5.74) is 1.51. The van der Waals surface area contributed by atoms with Crippen LogP contribution in [0.25, 0.3) is 6.08 Å². The van der Waals surface area contributed by atoms with Crippen molar-refractivity contribution in [3.05, 3.63) is 63.9 Å². The van der Waals surface area contributed by atoms with Crippen molar-refractivity contribution in [2.45, 2.75) is 13.0 Å². The number of hydrogen-bond acceptors (Lipinski definition) is 3. The maximum Gasteiger partial charge on any atom is 0.244 e. The first kappa shape index (κ1) is 16.5. The van der Waals surface area contributed by atoms with E-state index in [2.05, 4.69) is 21.2 Å². The zero-order chi connectivity index (χ0) is 17.1. The predicted molar refractivity (Wildman–Crippen MR) is 92.3 cm³/mol. The van der Waals surface area contributed by atoms with Gasteiger partial charge in [0.2, 0.25) is 12.7 Å². The highest BCUT2D eigenvalue weighted by atomic mass is 79.9. The molecule has 1 aliphatic heterocycles. The first-order chi connectivity index (χ1) is 11.5. The molecule has 0 aliphatic carbocycles. The number of fused-ring (bicyclic) bond motifs is 1. The average molecular weight is 392 g/mol. The molecule has 1 unspecified atom stereocenters. The smallest absolute Gasteiger partial charge is 0.244 e. The zero-order valence-corrected chi connectivity index (χ0v) is 14.5. The molecule has 0 radical (unpaired) electrons. The molecule has 0 bridgehead atoms. The van der Waals surface area contributed by atoms with Gasteiger partial charge in [-0.25, -0.2) is 4.39 Å². The van der Waals surface area contributed by atoms with Crippen molar-refractivity contribution < 1.29 is 18.7 Å². The van der Waals surface area contributed by atoms with Crippen molar-refractivity contribution in [3.63, 3.8) is 0 Å². The first-order valence-corrected chi connectivity index (χ1v) is 8.15. The van der Waals surface area contributed by atoms with Crippen LogP contribution in [0.15, 0.2) is 46.9 Å². The van der Waals surface area contributed by atoms with Crippen molar-refractivity contribution in [2.75, 3.05) is 6.79 Å². The van der Waals surface area contributed by atoms with Crippen molar-refractivity contribution in [2.24, 2.45) is 0 Å². The summed E-state index contributed by atoms with van der Waals surface area (Å²) in [5, 5.41) is 2.86. The van der Waals surface area contributed by atoms with Crippen LogP contribution in [0.1, 0.15) is 24.1 Å². The van der Waals surface area contributed by atoms with Gasteiger partial charge in [-0.3, -0.25) is 4.79 Å². The van der Waals surface area contributed by atoms with Gasteiger partial charge in [-0.2, -0.15) is 0 Å². The van der Waals surface area contributed by atoms with E-state index in [9.17, 15) is 9.18 Å². The van der Waals surface area contributed by atoms with E-state index >= 15 is 0 Å². The summed E-state index contributed by atoms with van der Waals surface area (Å²) in [6.45, 7) is 2.09. The zero-order valence-electron chi connectivity index (χ0n) is 12.9. The summed E-state index contributed by atoms with van der Waals surface area (Å²) < 4.78 is 24.6. The van der Waals surface area contributed by atoms with E-state index in [1.165, 1.54) is 18.2 Å². The van der Waals surface area contributed by atoms with E-state index in [4.69, 9.17) is 9.47 Å². The minimum Gasteiger partial charge on any atom is -0.454 e. The van der Waals surface area contributed by atoms with Crippen LogP contribution in [-0.2, 0) is 4.79 Å². The lowest BCUT2D eigenvalue weighted by Gasteiger charge is -2.13. The maximum absolute atomic E-state index is 13.2. The molecule has 0 aromatic heterocycles. The number of benzene rings is 2. The number of nitrogens with one attached hydrogen (secondary N) is 1. The molecule has 2 aromatic rings. The maximum atomic E-state index is 13.2. The second kappa shape index (κ2) is 7.05. The summed E-state index contributed by atoms with van der Waals surface area (Å²) in [4.78, 5) is 12.1. The lowest BCUT2D eigenvalue weighted by atomic mass is 10.1. The Kier molecular flexibility index (Phi) is 4.85. The highest BCUT2D eigenvalue weighted by Crippen LogP contribution is 2.34. The van der Waals surface area contributed by atoms with E-state index in [0.717, 1.165) is 10.0 Å². The van der Waals surface area contributed by atoms with Gasteiger partial charge >= 0.3 is 0 Å².